The predicted molar refractivity (Wildman–Crippen MR) is 68.7 cm³/mol. The van der Waals surface area contributed by atoms with Crippen molar-refractivity contribution in [3.05, 3.63) is 0 Å². The highest BCUT2D eigenvalue weighted by Crippen LogP contribution is 2.25. The Morgan fingerprint density at radius 3 is 2.71 bits per heavy atom. The lowest BCUT2D eigenvalue weighted by atomic mass is 9.89. The molecular formula is C14H25NO2. The maximum absolute atomic E-state index is 11.9. The van der Waals surface area contributed by atoms with Gasteiger partial charge in [0.05, 0.1) is 0 Å². The summed E-state index contributed by atoms with van der Waals surface area (Å²) in [5.41, 5.74) is 0. The van der Waals surface area contributed by atoms with E-state index in [0.29, 0.717) is 24.7 Å². The van der Waals surface area contributed by atoms with Gasteiger partial charge in [-0.25, -0.2) is 0 Å². The summed E-state index contributed by atoms with van der Waals surface area (Å²) in [4.78, 5) is 24.7. The van der Waals surface area contributed by atoms with Gasteiger partial charge >= 0.3 is 0 Å². The number of likely N-dealkylation sites (tertiary alicyclic amines) is 1. The number of amides is 1. The molecule has 1 atom stereocenters. The number of carbonyl (C=O) groups excluding carboxylic acids is 2. The van der Waals surface area contributed by atoms with Crippen LogP contribution in [0.3, 0.4) is 0 Å². The van der Waals surface area contributed by atoms with E-state index in [1.165, 1.54) is 0 Å². The van der Waals surface area contributed by atoms with Crippen molar-refractivity contribution >= 4 is 11.7 Å². The van der Waals surface area contributed by atoms with Crippen LogP contribution in [-0.2, 0) is 9.59 Å². The second-order valence-electron chi connectivity index (χ2n) is 5.52. The fourth-order valence-corrected chi connectivity index (χ4v) is 2.48. The number of ketones is 1. The number of hydrogen-bond acceptors (Lipinski definition) is 2. The molecule has 0 aliphatic carbocycles. The van der Waals surface area contributed by atoms with E-state index >= 15 is 0 Å². The third kappa shape index (κ3) is 4.88. The lowest BCUT2D eigenvalue weighted by molar-refractivity contribution is -0.131. The number of Topliss-reactive ketones (excluding diaryl/α,β-unsaturated/α-hetero) is 1. The second-order valence-corrected chi connectivity index (χ2v) is 5.52. The lowest BCUT2D eigenvalue weighted by Gasteiger charge is -2.21. The normalized spacial score (nSPS) is 21.8. The highest BCUT2D eigenvalue weighted by Gasteiger charge is 2.23. The number of carbonyl (C=O) groups is 2. The van der Waals surface area contributed by atoms with E-state index in [4.69, 9.17) is 0 Å². The Morgan fingerprint density at radius 2 is 2.12 bits per heavy atom. The van der Waals surface area contributed by atoms with Gasteiger partial charge in [0.2, 0.25) is 5.91 Å². The van der Waals surface area contributed by atoms with Gasteiger partial charge < -0.3 is 9.69 Å². The summed E-state index contributed by atoms with van der Waals surface area (Å²) in [7, 11) is 0. The molecule has 3 heteroatoms. The van der Waals surface area contributed by atoms with E-state index in [1.54, 1.807) is 6.92 Å². The van der Waals surface area contributed by atoms with Crippen molar-refractivity contribution in [1.82, 2.24) is 4.90 Å². The zero-order valence-corrected chi connectivity index (χ0v) is 11.4. The van der Waals surface area contributed by atoms with Crippen molar-refractivity contribution in [3.8, 4) is 0 Å². The van der Waals surface area contributed by atoms with E-state index in [1.807, 2.05) is 4.90 Å². The van der Waals surface area contributed by atoms with Crippen molar-refractivity contribution in [3.63, 3.8) is 0 Å². The smallest absolute Gasteiger partial charge is 0.222 e. The van der Waals surface area contributed by atoms with Crippen molar-refractivity contribution in [2.24, 2.45) is 11.8 Å². The van der Waals surface area contributed by atoms with Crippen LogP contribution in [0.1, 0.15) is 52.9 Å². The molecule has 0 spiro atoms. The Bertz CT molecular complexity index is 273. The number of nitrogens with zero attached hydrogens (tertiary/aromatic N) is 1. The lowest BCUT2D eigenvalue weighted by Crippen LogP contribution is -2.31. The Morgan fingerprint density at radius 1 is 1.41 bits per heavy atom. The summed E-state index contributed by atoms with van der Waals surface area (Å²) in [5.74, 6) is 1.83. The highest BCUT2D eigenvalue weighted by atomic mass is 16.2. The maximum Gasteiger partial charge on any atom is 0.222 e. The molecule has 1 rings (SSSR count). The third-order valence-corrected chi connectivity index (χ3v) is 3.75. The molecule has 0 aromatic carbocycles. The molecule has 1 aliphatic rings. The predicted octanol–water partition coefficient (Wildman–Crippen LogP) is 2.64. The number of hydrogen-bond donors (Lipinski definition) is 0. The molecule has 0 saturated carbocycles. The van der Waals surface area contributed by atoms with Crippen LogP contribution in [0.2, 0.25) is 0 Å². The summed E-state index contributed by atoms with van der Waals surface area (Å²) in [6, 6.07) is 0. The first kappa shape index (κ1) is 14.2. The van der Waals surface area contributed by atoms with Gasteiger partial charge in [-0.1, -0.05) is 13.8 Å². The van der Waals surface area contributed by atoms with Gasteiger partial charge in [-0.3, -0.25) is 4.79 Å². The van der Waals surface area contributed by atoms with Crippen LogP contribution in [0.4, 0.5) is 0 Å². The summed E-state index contributed by atoms with van der Waals surface area (Å²) in [5, 5.41) is 0. The van der Waals surface area contributed by atoms with Gasteiger partial charge in [0.1, 0.15) is 5.78 Å². The molecule has 0 N–H and O–H groups in total. The van der Waals surface area contributed by atoms with E-state index < -0.39 is 0 Å². The molecule has 0 bridgehead atoms. The largest absolute Gasteiger partial charge is 0.343 e. The molecule has 0 aromatic rings. The van der Waals surface area contributed by atoms with Crippen LogP contribution < -0.4 is 0 Å². The van der Waals surface area contributed by atoms with Crippen molar-refractivity contribution < 1.29 is 9.59 Å². The Balaban J connectivity index is 2.39. The van der Waals surface area contributed by atoms with E-state index in [0.717, 1.165) is 32.4 Å². The highest BCUT2D eigenvalue weighted by molar-refractivity contribution is 5.77. The minimum atomic E-state index is 0.215. The van der Waals surface area contributed by atoms with Crippen LogP contribution in [0.25, 0.3) is 0 Å². The Labute approximate surface area is 105 Å². The zero-order valence-electron chi connectivity index (χ0n) is 11.4. The Hall–Kier alpha value is -0.860. The topological polar surface area (TPSA) is 37.4 Å². The van der Waals surface area contributed by atoms with Crippen LogP contribution in [-0.4, -0.2) is 29.7 Å². The van der Waals surface area contributed by atoms with E-state index in [2.05, 4.69) is 13.8 Å². The Kier molecular flexibility index (Phi) is 5.66. The fourth-order valence-electron chi connectivity index (χ4n) is 2.48. The van der Waals surface area contributed by atoms with Gasteiger partial charge in [-0.15, -0.1) is 0 Å². The maximum atomic E-state index is 11.9. The zero-order chi connectivity index (χ0) is 12.8. The molecule has 1 aliphatic heterocycles. The first-order chi connectivity index (χ1) is 8.00. The summed E-state index contributed by atoms with van der Waals surface area (Å²) in [6.45, 7) is 7.71. The summed E-state index contributed by atoms with van der Waals surface area (Å²) >= 11 is 0. The van der Waals surface area contributed by atoms with Gasteiger partial charge in [0, 0.05) is 25.9 Å². The molecule has 1 fully saturated rings. The number of rotatable bonds is 5. The van der Waals surface area contributed by atoms with Crippen LogP contribution in [0.15, 0.2) is 0 Å². The second kappa shape index (κ2) is 6.77. The van der Waals surface area contributed by atoms with Crippen LogP contribution >= 0.6 is 0 Å². The van der Waals surface area contributed by atoms with E-state index in [9.17, 15) is 9.59 Å². The minimum absolute atomic E-state index is 0.215. The van der Waals surface area contributed by atoms with Gasteiger partial charge in [-0.05, 0) is 38.0 Å². The van der Waals surface area contributed by atoms with Crippen molar-refractivity contribution in [2.45, 2.75) is 52.9 Å². The molecular weight excluding hydrogens is 214 g/mol. The van der Waals surface area contributed by atoms with Crippen LogP contribution in [0.5, 0.6) is 0 Å². The van der Waals surface area contributed by atoms with Gasteiger partial charge in [0.25, 0.3) is 0 Å². The van der Waals surface area contributed by atoms with Crippen molar-refractivity contribution in [2.75, 3.05) is 13.1 Å². The molecule has 0 aromatic heterocycles. The molecule has 0 radical (unpaired) electrons. The average molecular weight is 239 g/mol. The van der Waals surface area contributed by atoms with Gasteiger partial charge in [0.15, 0.2) is 0 Å². The van der Waals surface area contributed by atoms with E-state index in [-0.39, 0.29) is 11.7 Å². The molecule has 98 valence electrons. The van der Waals surface area contributed by atoms with Gasteiger partial charge in [-0.2, -0.15) is 0 Å². The summed E-state index contributed by atoms with van der Waals surface area (Å²) < 4.78 is 0. The van der Waals surface area contributed by atoms with Crippen LogP contribution in [0, 0.1) is 11.8 Å². The molecule has 3 nitrogen and oxygen atoms in total. The molecule has 1 saturated heterocycles. The SMILES string of the molecule is CC(=O)CCCN1CCC(C(C)C)CCC1=O. The molecule has 1 amide bonds. The minimum Gasteiger partial charge on any atom is -0.343 e. The summed E-state index contributed by atoms with van der Waals surface area (Å²) in [6.07, 6.45) is 4.23. The molecule has 1 unspecified atom stereocenters. The first-order valence-corrected chi connectivity index (χ1v) is 6.78. The average Bonchev–Trinajstić information content (AvgIpc) is 2.41. The monoisotopic (exact) mass is 239 g/mol. The quantitative estimate of drug-likeness (QED) is 0.739. The standard InChI is InChI=1S/C14H25NO2/c1-11(2)13-6-7-14(17)15(10-8-13)9-4-5-12(3)16/h11,13H,4-10H2,1-3H3. The first-order valence-electron chi connectivity index (χ1n) is 6.78. The fraction of sp³-hybridized carbons (Fsp3) is 0.857. The molecule has 17 heavy (non-hydrogen) atoms. The molecule has 1 heterocycles. The van der Waals surface area contributed by atoms with Crippen molar-refractivity contribution in [1.29, 1.82) is 0 Å². The third-order valence-electron chi connectivity index (χ3n) is 3.75.